The summed E-state index contributed by atoms with van der Waals surface area (Å²) in [6.07, 6.45) is -0.0784. The molecule has 2 heterocycles. The highest BCUT2D eigenvalue weighted by atomic mass is 32.2. The number of hydrogen-bond donors (Lipinski definition) is 1. The van der Waals surface area contributed by atoms with Crippen molar-refractivity contribution in [2.24, 2.45) is 10.2 Å². The molecule has 13 heteroatoms. The number of hydrogen-bond acceptors (Lipinski definition) is 8. The summed E-state index contributed by atoms with van der Waals surface area (Å²) in [5.41, 5.74) is 3.31. The van der Waals surface area contributed by atoms with E-state index in [4.69, 9.17) is 0 Å². The minimum Gasteiger partial charge on any atom is -0.371 e. The van der Waals surface area contributed by atoms with Crippen LogP contribution in [0, 0.1) is 0 Å². The highest BCUT2D eigenvalue weighted by molar-refractivity contribution is 7.92. The molecule has 8 nitrogen and oxygen atoms in total. The summed E-state index contributed by atoms with van der Waals surface area (Å²) >= 11 is 1.13. The Morgan fingerprint density at radius 3 is 2.74 bits per heavy atom. The zero-order valence-electron chi connectivity index (χ0n) is 16.9. The van der Waals surface area contributed by atoms with Crippen LogP contribution in [0.3, 0.4) is 0 Å². The molecule has 3 rings (SSSR count). The maximum Gasteiger partial charge on any atom is 0.404 e. The number of anilines is 2. The Morgan fingerprint density at radius 1 is 1.26 bits per heavy atom. The van der Waals surface area contributed by atoms with Crippen molar-refractivity contribution in [1.29, 1.82) is 0 Å². The molecule has 0 saturated carbocycles. The Morgan fingerprint density at radius 2 is 2.06 bits per heavy atom. The maximum atomic E-state index is 12.7. The van der Waals surface area contributed by atoms with Crippen LogP contribution in [-0.2, 0) is 16.4 Å². The molecule has 1 aromatic heterocycles. The molecule has 0 atom stereocenters. The Labute approximate surface area is 182 Å². The largest absolute Gasteiger partial charge is 0.404 e. The first-order chi connectivity index (χ1) is 14.7. The van der Waals surface area contributed by atoms with Crippen molar-refractivity contribution in [2.75, 3.05) is 28.5 Å². The van der Waals surface area contributed by atoms with Crippen LogP contribution < -0.4 is 9.62 Å². The van der Waals surface area contributed by atoms with Crippen LogP contribution >= 0.6 is 11.3 Å². The van der Waals surface area contributed by atoms with Crippen LogP contribution in [0.5, 0.6) is 0 Å². The number of halogens is 3. The Hall–Kier alpha value is -2.28. The predicted molar refractivity (Wildman–Crippen MR) is 114 cm³/mol. The lowest BCUT2D eigenvalue weighted by molar-refractivity contribution is -0.106. The minimum atomic E-state index is -4.86. The van der Waals surface area contributed by atoms with E-state index in [0.717, 1.165) is 67.8 Å². The quantitative estimate of drug-likeness (QED) is 0.396. The van der Waals surface area contributed by atoms with Crippen LogP contribution in [0.15, 0.2) is 27.9 Å². The lowest BCUT2D eigenvalue weighted by Crippen LogP contribution is -2.31. The van der Waals surface area contributed by atoms with Crippen LogP contribution in [-0.4, -0.2) is 43.6 Å². The van der Waals surface area contributed by atoms with E-state index in [1.165, 1.54) is 5.51 Å². The SMILES string of the molecule is CCCCCN1CCCc2cc(N=Nc3nncs3)c(NS(=O)(=O)CC(F)(F)F)cc21. The average Bonchev–Trinajstić information content (AvgIpc) is 3.18. The molecule has 0 radical (unpaired) electrons. The Kier molecular flexibility index (Phi) is 7.46. The molecule has 0 bridgehead atoms. The normalized spacial score (nSPS) is 14.8. The van der Waals surface area contributed by atoms with Crippen molar-refractivity contribution in [3.63, 3.8) is 0 Å². The number of aromatic nitrogens is 2. The number of sulfonamides is 1. The fourth-order valence-electron chi connectivity index (χ4n) is 3.37. The van der Waals surface area contributed by atoms with Crippen LogP contribution in [0.4, 0.5) is 35.4 Å². The van der Waals surface area contributed by atoms with Gasteiger partial charge in [-0.2, -0.15) is 13.2 Å². The van der Waals surface area contributed by atoms with Crippen molar-refractivity contribution in [2.45, 2.75) is 45.2 Å². The van der Waals surface area contributed by atoms with Gasteiger partial charge in [-0.05, 0) is 37.0 Å². The van der Waals surface area contributed by atoms with Crippen molar-refractivity contribution in [3.05, 3.63) is 23.2 Å². The molecule has 0 amide bonds. The number of unbranched alkanes of at least 4 members (excludes halogenated alkanes) is 2. The molecule has 1 N–H and O–H groups in total. The standard InChI is InChI=1S/C18H23F3N6O2S2/c1-2-3-4-7-27-8-5-6-13-9-14(23-25-17-24-22-12-30-17)15(10-16(13)27)26-31(28,29)11-18(19,20)21/h9-10,12,26H,2-8,11H2,1H3. The van der Waals surface area contributed by atoms with Crippen molar-refractivity contribution in [1.82, 2.24) is 10.2 Å². The van der Waals surface area contributed by atoms with Gasteiger partial charge in [0.25, 0.3) is 5.13 Å². The Bertz CT molecular complexity index is 1010. The predicted octanol–water partition coefficient (Wildman–Crippen LogP) is 5.20. The molecule has 1 aliphatic rings. The lowest BCUT2D eigenvalue weighted by Gasteiger charge is -2.32. The molecule has 1 aliphatic heterocycles. The first kappa shape index (κ1) is 23.4. The molecule has 0 unspecified atom stereocenters. The van der Waals surface area contributed by atoms with Gasteiger partial charge in [-0.25, -0.2) is 8.42 Å². The zero-order chi connectivity index (χ0) is 22.5. The van der Waals surface area contributed by atoms with E-state index in [1.54, 1.807) is 12.1 Å². The monoisotopic (exact) mass is 476 g/mol. The molecule has 0 saturated heterocycles. The smallest absolute Gasteiger partial charge is 0.371 e. The number of rotatable bonds is 9. The second-order valence-electron chi connectivity index (χ2n) is 7.19. The fraction of sp³-hybridized carbons (Fsp3) is 0.556. The number of benzene rings is 1. The number of fused-ring (bicyclic) bond motifs is 1. The summed E-state index contributed by atoms with van der Waals surface area (Å²) in [5.74, 6) is -1.98. The van der Waals surface area contributed by atoms with Gasteiger partial charge in [-0.15, -0.1) is 20.4 Å². The highest BCUT2D eigenvalue weighted by Gasteiger charge is 2.35. The van der Waals surface area contributed by atoms with Crippen molar-refractivity contribution >= 4 is 43.6 Å². The molecule has 170 valence electrons. The molecule has 2 aromatic rings. The summed E-state index contributed by atoms with van der Waals surface area (Å²) in [6, 6.07) is 3.24. The molecular weight excluding hydrogens is 453 g/mol. The highest BCUT2D eigenvalue weighted by Crippen LogP contribution is 2.38. The number of azo groups is 1. The van der Waals surface area contributed by atoms with Gasteiger partial charge in [-0.1, -0.05) is 31.1 Å². The fourth-order valence-corrected chi connectivity index (χ4v) is 4.74. The van der Waals surface area contributed by atoms with Crippen LogP contribution in [0.25, 0.3) is 0 Å². The Balaban J connectivity index is 1.97. The first-order valence-corrected chi connectivity index (χ1v) is 12.4. The first-order valence-electron chi connectivity index (χ1n) is 9.84. The summed E-state index contributed by atoms with van der Waals surface area (Å²) < 4.78 is 64.4. The van der Waals surface area contributed by atoms with E-state index in [1.807, 2.05) is 0 Å². The summed E-state index contributed by atoms with van der Waals surface area (Å²) in [7, 11) is -4.67. The topological polar surface area (TPSA) is 99.9 Å². The molecule has 31 heavy (non-hydrogen) atoms. The number of nitrogens with zero attached hydrogens (tertiary/aromatic N) is 5. The van der Waals surface area contributed by atoms with Gasteiger partial charge in [0, 0.05) is 18.8 Å². The third-order valence-electron chi connectivity index (χ3n) is 4.65. The summed E-state index contributed by atoms with van der Waals surface area (Å²) in [6.45, 7) is 3.70. The number of alkyl halides is 3. The lowest BCUT2D eigenvalue weighted by atomic mass is 9.99. The summed E-state index contributed by atoms with van der Waals surface area (Å²) in [4.78, 5) is 2.14. The number of aryl methyl sites for hydroxylation is 1. The van der Waals surface area contributed by atoms with E-state index in [9.17, 15) is 21.6 Å². The van der Waals surface area contributed by atoms with Gasteiger partial charge in [-0.3, -0.25) is 4.72 Å². The van der Waals surface area contributed by atoms with Crippen molar-refractivity contribution in [3.8, 4) is 0 Å². The van der Waals surface area contributed by atoms with Gasteiger partial charge in [0.05, 0.1) is 5.69 Å². The van der Waals surface area contributed by atoms with E-state index in [0.29, 0.717) is 0 Å². The third-order valence-corrected chi connectivity index (χ3v) is 6.47. The van der Waals surface area contributed by atoms with Crippen LogP contribution in [0.2, 0.25) is 0 Å². The van der Waals surface area contributed by atoms with E-state index >= 15 is 0 Å². The van der Waals surface area contributed by atoms with E-state index in [-0.39, 0.29) is 16.5 Å². The second kappa shape index (κ2) is 9.90. The summed E-state index contributed by atoms with van der Waals surface area (Å²) in [5, 5.41) is 15.6. The average molecular weight is 477 g/mol. The van der Waals surface area contributed by atoms with Crippen molar-refractivity contribution < 1.29 is 21.6 Å². The van der Waals surface area contributed by atoms with Gasteiger partial charge < -0.3 is 4.90 Å². The third kappa shape index (κ3) is 6.86. The molecule has 1 aromatic carbocycles. The van der Waals surface area contributed by atoms with E-state index in [2.05, 4.69) is 37.0 Å². The van der Waals surface area contributed by atoms with Gasteiger partial charge >= 0.3 is 6.18 Å². The molecule has 0 fully saturated rings. The van der Waals surface area contributed by atoms with E-state index < -0.39 is 22.0 Å². The van der Waals surface area contributed by atoms with Gasteiger partial charge in [0.15, 0.2) is 5.75 Å². The molecular formula is C18H23F3N6O2S2. The second-order valence-corrected chi connectivity index (χ2v) is 9.73. The minimum absolute atomic E-state index is 0.0429. The number of nitrogens with one attached hydrogen (secondary N) is 1. The molecule has 0 aliphatic carbocycles. The zero-order valence-corrected chi connectivity index (χ0v) is 18.5. The van der Waals surface area contributed by atoms with Gasteiger partial charge in [0.2, 0.25) is 10.0 Å². The molecule has 0 spiro atoms. The maximum absolute atomic E-state index is 12.7. The van der Waals surface area contributed by atoms with Crippen LogP contribution in [0.1, 0.15) is 38.2 Å². The van der Waals surface area contributed by atoms with Gasteiger partial charge in [0.1, 0.15) is 11.2 Å².